The van der Waals surface area contributed by atoms with Crippen LogP contribution < -0.4 is 9.44 Å². The SMILES string of the molecule is Cc1ccc(NS(=O)(=O)c2ccc(C(=O)O)cc2)cc1S(=O)(=O)Nc1ccccc1F. The first-order valence-electron chi connectivity index (χ1n) is 8.74. The summed E-state index contributed by atoms with van der Waals surface area (Å²) in [6, 6.07) is 13.7. The van der Waals surface area contributed by atoms with E-state index in [1.807, 2.05) is 0 Å². The minimum atomic E-state index is -4.21. The van der Waals surface area contributed by atoms with E-state index in [-0.39, 0.29) is 26.7 Å². The van der Waals surface area contributed by atoms with Gasteiger partial charge in [0.15, 0.2) is 0 Å². The van der Waals surface area contributed by atoms with Gasteiger partial charge in [0.25, 0.3) is 20.0 Å². The molecule has 0 saturated carbocycles. The largest absolute Gasteiger partial charge is 0.478 e. The number of carboxylic acid groups (broad SMARTS) is 1. The molecule has 0 unspecified atom stereocenters. The number of nitrogens with one attached hydrogen (secondary N) is 2. The highest BCUT2D eigenvalue weighted by atomic mass is 32.2. The molecule has 162 valence electrons. The Morgan fingerprint density at radius 2 is 1.52 bits per heavy atom. The molecule has 0 bridgehead atoms. The molecule has 3 rings (SSSR count). The van der Waals surface area contributed by atoms with Gasteiger partial charge in [-0.15, -0.1) is 0 Å². The maximum atomic E-state index is 13.8. The highest BCUT2D eigenvalue weighted by molar-refractivity contribution is 7.93. The maximum absolute atomic E-state index is 13.8. The van der Waals surface area contributed by atoms with Crippen molar-refractivity contribution in [2.75, 3.05) is 9.44 Å². The molecule has 0 atom stereocenters. The Hall–Kier alpha value is -3.44. The quantitative estimate of drug-likeness (QED) is 0.491. The smallest absolute Gasteiger partial charge is 0.335 e. The molecule has 31 heavy (non-hydrogen) atoms. The summed E-state index contributed by atoms with van der Waals surface area (Å²) in [5, 5.41) is 8.92. The van der Waals surface area contributed by atoms with Crippen molar-refractivity contribution < 1.29 is 31.1 Å². The summed E-state index contributed by atoms with van der Waals surface area (Å²) in [5.74, 6) is -1.96. The molecule has 0 aliphatic heterocycles. The van der Waals surface area contributed by atoms with Gasteiger partial charge in [-0.3, -0.25) is 9.44 Å². The highest BCUT2D eigenvalue weighted by Gasteiger charge is 2.21. The Morgan fingerprint density at radius 1 is 0.871 bits per heavy atom. The lowest BCUT2D eigenvalue weighted by molar-refractivity contribution is 0.0696. The molecule has 3 N–H and O–H groups in total. The van der Waals surface area contributed by atoms with Crippen molar-refractivity contribution >= 4 is 37.4 Å². The van der Waals surface area contributed by atoms with Crippen molar-refractivity contribution in [1.82, 2.24) is 0 Å². The summed E-state index contributed by atoms with van der Waals surface area (Å²) < 4.78 is 68.9. The zero-order chi connectivity index (χ0) is 22.8. The summed E-state index contributed by atoms with van der Waals surface area (Å²) in [7, 11) is -8.33. The fourth-order valence-corrected chi connectivity index (χ4v) is 5.08. The minimum absolute atomic E-state index is 0.0400. The van der Waals surface area contributed by atoms with Crippen LogP contribution in [0.2, 0.25) is 0 Å². The van der Waals surface area contributed by atoms with E-state index in [2.05, 4.69) is 9.44 Å². The second kappa shape index (κ2) is 8.36. The van der Waals surface area contributed by atoms with Crippen LogP contribution in [0.4, 0.5) is 15.8 Å². The van der Waals surface area contributed by atoms with Crippen LogP contribution in [0.3, 0.4) is 0 Å². The van der Waals surface area contributed by atoms with Crippen LogP contribution in [0.15, 0.2) is 76.5 Å². The van der Waals surface area contributed by atoms with Gasteiger partial charge in [0.2, 0.25) is 0 Å². The van der Waals surface area contributed by atoms with Gasteiger partial charge in [-0.1, -0.05) is 18.2 Å². The van der Waals surface area contributed by atoms with Crippen LogP contribution in [0.5, 0.6) is 0 Å². The number of hydrogen-bond donors (Lipinski definition) is 3. The number of halogens is 1. The van der Waals surface area contributed by atoms with Gasteiger partial charge >= 0.3 is 5.97 Å². The molecule has 8 nitrogen and oxygen atoms in total. The minimum Gasteiger partial charge on any atom is -0.478 e. The summed E-state index contributed by atoms with van der Waals surface area (Å²) in [5.41, 5.74) is -0.0484. The molecule has 0 aliphatic rings. The number of carbonyl (C=O) groups is 1. The van der Waals surface area contributed by atoms with E-state index in [9.17, 15) is 26.0 Å². The predicted molar refractivity (Wildman–Crippen MR) is 113 cm³/mol. The summed E-state index contributed by atoms with van der Waals surface area (Å²) in [4.78, 5) is 10.5. The molecule has 0 heterocycles. The Labute approximate surface area is 178 Å². The molecule has 0 aromatic heterocycles. The third kappa shape index (κ3) is 5.01. The maximum Gasteiger partial charge on any atom is 0.335 e. The molecular weight excluding hydrogens is 447 g/mol. The summed E-state index contributed by atoms with van der Waals surface area (Å²) in [6.07, 6.45) is 0. The molecule has 0 aliphatic carbocycles. The second-order valence-electron chi connectivity index (χ2n) is 6.50. The zero-order valence-electron chi connectivity index (χ0n) is 16.0. The van der Waals surface area contributed by atoms with E-state index in [1.165, 1.54) is 37.3 Å². The molecule has 0 radical (unpaired) electrons. The Balaban J connectivity index is 1.91. The lowest BCUT2D eigenvalue weighted by Crippen LogP contribution is -2.17. The van der Waals surface area contributed by atoms with Gasteiger partial charge in [0.1, 0.15) is 5.82 Å². The van der Waals surface area contributed by atoms with Crippen LogP contribution in [0.25, 0.3) is 0 Å². The van der Waals surface area contributed by atoms with Crippen LogP contribution >= 0.6 is 0 Å². The lowest BCUT2D eigenvalue weighted by atomic mass is 10.2. The summed E-state index contributed by atoms with van der Waals surface area (Å²) >= 11 is 0. The van der Waals surface area contributed by atoms with E-state index in [0.29, 0.717) is 5.56 Å². The van der Waals surface area contributed by atoms with E-state index >= 15 is 0 Å². The third-order valence-electron chi connectivity index (χ3n) is 4.26. The Bertz CT molecular complexity index is 1350. The van der Waals surface area contributed by atoms with Gasteiger partial charge in [-0.05, 0) is 61.0 Å². The van der Waals surface area contributed by atoms with Crippen LogP contribution in [-0.2, 0) is 20.0 Å². The lowest BCUT2D eigenvalue weighted by Gasteiger charge is -2.14. The number of aromatic carboxylic acids is 1. The van der Waals surface area contributed by atoms with E-state index in [4.69, 9.17) is 5.11 Å². The highest BCUT2D eigenvalue weighted by Crippen LogP contribution is 2.25. The number of carboxylic acids is 1. The number of rotatable bonds is 7. The molecule has 3 aromatic rings. The first kappa shape index (κ1) is 22.2. The average molecular weight is 464 g/mol. The van der Waals surface area contributed by atoms with Gasteiger partial charge in [-0.2, -0.15) is 0 Å². The van der Waals surface area contributed by atoms with Crippen molar-refractivity contribution in [3.63, 3.8) is 0 Å². The van der Waals surface area contributed by atoms with Gasteiger partial charge in [0.05, 0.1) is 26.7 Å². The first-order valence-corrected chi connectivity index (χ1v) is 11.7. The Kier molecular flexibility index (Phi) is 6.00. The molecule has 0 saturated heterocycles. The molecule has 11 heteroatoms. The number of hydrogen-bond acceptors (Lipinski definition) is 5. The normalized spacial score (nSPS) is 11.7. The van der Waals surface area contributed by atoms with E-state index < -0.39 is 31.8 Å². The molecule has 3 aromatic carbocycles. The summed E-state index contributed by atoms with van der Waals surface area (Å²) in [6.45, 7) is 1.51. The first-order chi connectivity index (χ1) is 14.5. The van der Waals surface area contributed by atoms with Crippen molar-refractivity contribution in [2.24, 2.45) is 0 Å². The molecule has 0 amide bonds. The fourth-order valence-electron chi connectivity index (χ4n) is 2.69. The zero-order valence-corrected chi connectivity index (χ0v) is 17.7. The van der Waals surface area contributed by atoms with Crippen LogP contribution in [-0.4, -0.2) is 27.9 Å². The standard InChI is InChI=1S/C20H17FN2O6S2/c1-13-6-9-15(22-30(26,27)16-10-7-14(8-11-16)20(24)25)12-19(13)31(28,29)23-18-5-3-2-4-17(18)21/h2-12,22-23H,1H3,(H,24,25). The average Bonchev–Trinajstić information content (AvgIpc) is 2.71. The van der Waals surface area contributed by atoms with E-state index in [1.54, 1.807) is 0 Å². The number of anilines is 2. The third-order valence-corrected chi connectivity index (χ3v) is 7.16. The topological polar surface area (TPSA) is 130 Å². The number of aryl methyl sites for hydroxylation is 1. The Morgan fingerprint density at radius 3 is 2.13 bits per heavy atom. The van der Waals surface area contributed by atoms with Gasteiger partial charge < -0.3 is 5.11 Å². The predicted octanol–water partition coefficient (Wildman–Crippen LogP) is 3.43. The molecule has 0 spiro atoms. The van der Waals surface area contributed by atoms with Gasteiger partial charge in [0, 0.05) is 0 Å². The van der Waals surface area contributed by atoms with Crippen LogP contribution in [0, 0.1) is 12.7 Å². The van der Waals surface area contributed by atoms with Crippen molar-refractivity contribution in [2.45, 2.75) is 16.7 Å². The van der Waals surface area contributed by atoms with Crippen LogP contribution in [0.1, 0.15) is 15.9 Å². The number of para-hydroxylation sites is 1. The van der Waals surface area contributed by atoms with E-state index in [0.717, 1.165) is 36.4 Å². The van der Waals surface area contributed by atoms with Crippen molar-refractivity contribution in [3.05, 3.63) is 83.7 Å². The molecular formula is C20H17FN2O6S2. The van der Waals surface area contributed by atoms with Crippen molar-refractivity contribution in [1.29, 1.82) is 0 Å². The van der Waals surface area contributed by atoms with Gasteiger partial charge in [-0.25, -0.2) is 26.0 Å². The number of benzene rings is 3. The second-order valence-corrected chi connectivity index (χ2v) is 9.83. The monoisotopic (exact) mass is 464 g/mol. The molecule has 0 fully saturated rings. The fraction of sp³-hybridized carbons (Fsp3) is 0.0500. The number of sulfonamides is 2. The van der Waals surface area contributed by atoms with Crippen molar-refractivity contribution in [3.8, 4) is 0 Å².